The molecule has 0 radical (unpaired) electrons. The van der Waals surface area contributed by atoms with Crippen LogP contribution >= 0.6 is 11.6 Å². The summed E-state index contributed by atoms with van der Waals surface area (Å²) in [4.78, 5) is 13.0. The van der Waals surface area contributed by atoms with Crippen molar-refractivity contribution >= 4 is 33.2 Å². The fraction of sp³-hybridized carbons (Fsp3) is 0.269. The van der Waals surface area contributed by atoms with Crippen LogP contribution in [0.15, 0.2) is 71.6 Å². The van der Waals surface area contributed by atoms with Gasteiger partial charge in [-0.15, -0.1) is 0 Å². The average molecular weight is 501 g/mol. The van der Waals surface area contributed by atoms with Gasteiger partial charge in [0.05, 0.1) is 17.7 Å². The lowest BCUT2D eigenvalue weighted by atomic mass is 10.0. The first kappa shape index (κ1) is 25.6. The highest BCUT2D eigenvalue weighted by Gasteiger charge is 2.27. The van der Waals surface area contributed by atoms with Gasteiger partial charge in [0.15, 0.2) is 0 Å². The van der Waals surface area contributed by atoms with E-state index in [9.17, 15) is 13.2 Å². The highest BCUT2D eigenvalue weighted by Crippen LogP contribution is 2.27. The molecule has 0 aliphatic heterocycles. The molecule has 0 heterocycles. The Balaban J connectivity index is 1.87. The molecular weight excluding hydrogens is 472 g/mol. The molecule has 0 spiro atoms. The van der Waals surface area contributed by atoms with Crippen LogP contribution in [0, 0.1) is 0 Å². The summed E-state index contributed by atoms with van der Waals surface area (Å²) in [7, 11) is -2.53. The first-order valence-corrected chi connectivity index (χ1v) is 12.9. The second-order valence-electron chi connectivity index (χ2n) is 7.75. The van der Waals surface area contributed by atoms with E-state index < -0.39 is 15.9 Å². The fourth-order valence-electron chi connectivity index (χ4n) is 3.61. The Kier molecular flexibility index (Phi) is 8.58. The van der Waals surface area contributed by atoms with Crippen LogP contribution in [0.2, 0.25) is 5.02 Å². The molecule has 180 valence electrons. The van der Waals surface area contributed by atoms with Crippen molar-refractivity contribution in [3.05, 3.63) is 88.4 Å². The van der Waals surface area contributed by atoms with Crippen LogP contribution in [-0.2, 0) is 34.2 Å². The molecule has 6 nitrogen and oxygen atoms in total. The minimum absolute atomic E-state index is 0.0463. The number of anilines is 1. The van der Waals surface area contributed by atoms with Gasteiger partial charge >= 0.3 is 0 Å². The highest BCUT2D eigenvalue weighted by molar-refractivity contribution is 7.92. The van der Waals surface area contributed by atoms with Crippen molar-refractivity contribution in [2.75, 3.05) is 18.0 Å². The summed E-state index contributed by atoms with van der Waals surface area (Å²) in [6, 6.07) is 18.7. The number of ether oxygens (including phenoxy) is 1. The SMILES string of the molecule is CCc1ccc(CC)c(CNC(=O)CN(c2cccc(Cl)c2)S(=O)(=O)c2ccc(OC)cc2)c1. The second-order valence-corrected chi connectivity index (χ2v) is 10.1. The van der Waals surface area contributed by atoms with Crippen molar-refractivity contribution in [3.8, 4) is 5.75 Å². The Morgan fingerprint density at radius 3 is 2.32 bits per heavy atom. The molecule has 1 amide bonds. The number of halogens is 1. The molecule has 0 fully saturated rings. The van der Waals surface area contributed by atoms with E-state index in [4.69, 9.17) is 16.3 Å². The predicted molar refractivity (Wildman–Crippen MR) is 136 cm³/mol. The number of amides is 1. The minimum atomic E-state index is -4.04. The molecule has 34 heavy (non-hydrogen) atoms. The lowest BCUT2D eigenvalue weighted by Gasteiger charge is -2.24. The number of hydrogen-bond acceptors (Lipinski definition) is 4. The van der Waals surface area contributed by atoms with E-state index in [2.05, 4.69) is 37.4 Å². The number of carbonyl (C=O) groups excluding carboxylic acids is 1. The number of hydrogen-bond donors (Lipinski definition) is 1. The third-order valence-electron chi connectivity index (χ3n) is 5.57. The molecule has 0 unspecified atom stereocenters. The number of nitrogens with one attached hydrogen (secondary N) is 1. The molecule has 0 aliphatic rings. The van der Waals surface area contributed by atoms with Crippen LogP contribution in [-0.4, -0.2) is 28.0 Å². The number of rotatable bonds is 10. The Morgan fingerprint density at radius 2 is 1.71 bits per heavy atom. The Bertz CT molecular complexity index is 1240. The third kappa shape index (κ3) is 6.10. The maximum atomic E-state index is 13.5. The van der Waals surface area contributed by atoms with Crippen LogP contribution in [0.1, 0.15) is 30.5 Å². The van der Waals surface area contributed by atoms with Gasteiger partial charge in [-0.3, -0.25) is 9.10 Å². The zero-order valence-corrected chi connectivity index (χ0v) is 21.1. The maximum absolute atomic E-state index is 13.5. The van der Waals surface area contributed by atoms with Gasteiger partial charge < -0.3 is 10.1 Å². The smallest absolute Gasteiger partial charge is 0.264 e. The highest BCUT2D eigenvalue weighted by atomic mass is 35.5. The third-order valence-corrected chi connectivity index (χ3v) is 7.59. The summed E-state index contributed by atoms with van der Waals surface area (Å²) in [6.45, 7) is 4.08. The summed E-state index contributed by atoms with van der Waals surface area (Å²) in [6.07, 6.45) is 1.74. The number of nitrogens with zero attached hydrogens (tertiary/aromatic N) is 1. The fourth-order valence-corrected chi connectivity index (χ4v) is 5.21. The number of sulfonamides is 1. The molecule has 3 rings (SSSR count). The van der Waals surface area contributed by atoms with E-state index in [-0.39, 0.29) is 11.4 Å². The van der Waals surface area contributed by atoms with Crippen molar-refractivity contribution in [3.63, 3.8) is 0 Å². The van der Waals surface area contributed by atoms with E-state index >= 15 is 0 Å². The van der Waals surface area contributed by atoms with Crippen molar-refractivity contribution in [1.82, 2.24) is 5.32 Å². The molecular formula is C26H29ClN2O4S. The van der Waals surface area contributed by atoms with Crippen molar-refractivity contribution < 1.29 is 17.9 Å². The summed E-state index contributed by atoms with van der Waals surface area (Å²) >= 11 is 6.13. The van der Waals surface area contributed by atoms with Crippen LogP contribution < -0.4 is 14.4 Å². The van der Waals surface area contributed by atoms with E-state index in [1.807, 2.05) is 0 Å². The van der Waals surface area contributed by atoms with Gasteiger partial charge in [-0.1, -0.05) is 49.7 Å². The standard InChI is InChI=1S/C26H29ClN2O4S/c1-4-19-9-10-20(5-2)21(15-19)17-28-26(30)18-29(23-8-6-7-22(27)16-23)34(31,32)25-13-11-24(33-3)12-14-25/h6-16H,4-5,17-18H2,1-3H3,(H,28,30). The Morgan fingerprint density at radius 1 is 0.971 bits per heavy atom. The predicted octanol–water partition coefficient (Wildman–Crippen LogP) is 4.99. The molecule has 0 atom stereocenters. The minimum Gasteiger partial charge on any atom is -0.497 e. The lowest BCUT2D eigenvalue weighted by molar-refractivity contribution is -0.119. The van der Waals surface area contributed by atoms with Crippen LogP contribution in [0.3, 0.4) is 0 Å². The first-order valence-electron chi connectivity index (χ1n) is 11.1. The van der Waals surface area contributed by atoms with Gasteiger partial charge in [-0.05, 0) is 72.0 Å². The van der Waals surface area contributed by atoms with Gasteiger partial charge in [0.2, 0.25) is 5.91 Å². The monoisotopic (exact) mass is 500 g/mol. The van der Waals surface area contributed by atoms with Crippen LogP contribution in [0.25, 0.3) is 0 Å². The average Bonchev–Trinajstić information content (AvgIpc) is 2.85. The molecule has 0 bridgehead atoms. The van der Waals surface area contributed by atoms with Crippen molar-refractivity contribution in [1.29, 1.82) is 0 Å². The summed E-state index contributed by atoms with van der Waals surface area (Å²) in [5, 5.41) is 3.26. The Labute approximate surface area is 206 Å². The molecule has 0 saturated carbocycles. The van der Waals surface area contributed by atoms with Crippen LogP contribution in [0.4, 0.5) is 5.69 Å². The van der Waals surface area contributed by atoms with E-state index in [0.29, 0.717) is 23.0 Å². The normalized spacial score (nSPS) is 11.2. The number of benzene rings is 3. The topological polar surface area (TPSA) is 75.7 Å². The summed E-state index contributed by atoms with van der Waals surface area (Å²) < 4.78 is 33.2. The van der Waals surface area contributed by atoms with E-state index in [1.165, 1.54) is 30.9 Å². The molecule has 0 aromatic heterocycles. The molecule has 1 N–H and O–H groups in total. The van der Waals surface area contributed by atoms with Crippen molar-refractivity contribution in [2.24, 2.45) is 0 Å². The molecule has 8 heteroatoms. The lowest BCUT2D eigenvalue weighted by Crippen LogP contribution is -2.40. The van der Waals surface area contributed by atoms with Crippen molar-refractivity contribution in [2.45, 2.75) is 38.1 Å². The van der Waals surface area contributed by atoms with E-state index in [0.717, 1.165) is 28.3 Å². The zero-order valence-electron chi connectivity index (χ0n) is 19.5. The largest absolute Gasteiger partial charge is 0.497 e. The van der Waals surface area contributed by atoms with E-state index in [1.54, 1.807) is 30.3 Å². The second kappa shape index (κ2) is 11.4. The number of methoxy groups -OCH3 is 1. The first-order chi connectivity index (χ1) is 16.3. The van der Waals surface area contributed by atoms with Gasteiger partial charge in [0, 0.05) is 11.6 Å². The van der Waals surface area contributed by atoms with Crippen LogP contribution in [0.5, 0.6) is 5.75 Å². The van der Waals surface area contributed by atoms with Gasteiger partial charge in [0.25, 0.3) is 10.0 Å². The zero-order chi connectivity index (χ0) is 24.7. The molecule has 3 aromatic rings. The van der Waals surface area contributed by atoms with Gasteiger partial charge in [-0.25, -0.2) is 8.42 Å². The molecule has 3 aromatic carbocycles. The number of carbonyl (C=O) groups is 1. The van der Waals surface area contributed by atoms with Gasteiger partial charge in [0.1, 0.15) is 12.3 Å². The Hall–Kier alpha value is -3.03. The maximum Gasteiger partial charge on any atom is 0.264 e. The molecule has 0 aliphatic carbocycles. The summed E-state index contributed by atoms with van der Waals surface area (Å²) in [5.74, 6) is 0.119. The molecule has 0 saturated heterocycles. The quantitative estimate of drug-likeness (QED) is 0.425. The van der Waals surface area contributed by atoms with Gasteiger partial charge in [-0.2, -0.15) is 0 Å². The number of aryl methyl sites for hydroxylation is 2. The summed E-state index contributed by atoms with van der Waals surface area (Å²) in [5.41, 5.74) is 3.67.